The van der Waals surface area contributed by atoms with Crippen molar-refractivity contribution in [2.75, 3.05) is 18.9 Å². The molecule has 0 amide bonds. The fraction of sp³-hybridized carbons (Fsp3) is 0.550. The maximum Gasteiger partial charge on any atom is 0.297 e. The van der Waals surface area contributed by atoms with Crippen molar-refractivity contribution in [3.05, 3.63) is 28.6 Å². The van der Waals surface area contributed by atoms with E-state index in [1.165, 1.54) is 12.8 Å². The summed E-state index contributed by atoms with van der Waals surface area (Å²) in [6, 6.07) is 5.53. The van der Waals surface area contributed by atoms with Gasteiger partial charge in [-0.25, -0.2) is 0 Å². The molecule has 0 radical (unpaired) electrons. The van der Waals surface area contributed by atoms with E-state index in [-0.39, 0.29) is 5.56 Å². The molecule has 0 bridgehead atoms. The number of aryl methyl sites for hydroxylation is 1. The Hall–Kier alpha value is -2.17. The summed E-state index contributed by atoms with van der Waals surface area (Å²) in [5.74, 6) is 0.856. The van der Waals surface area contributed by atoms with Gasteiger partial charge in [-0.05, 0) is 31.0 Å². The molecule has 25 heavy (non-hydrogen) atoms. The molecule has 1 aromatic heterocycles. The number of nitrogens with zero attached hydrogens (tertiary/aromatic N) is 1. The number of benzene rings is 1. The maximum absolute atomic E-state index is 12.8. The second kappa shape index (κ2) is 9.35. The van der Waals surface area contributed by atoms with Crippen LogP contribution in [0, 0.1) is 0 Å². The van der Waals surface area contributed by atoms with Gasteiger partial charge in [0.25, 0.3) is 5.56 Å². The quantitative estimate of drug-likeness (QED) is 0.516. The first-order valence-corrected chi connectivity index (χ1v) is 9.28. The molecule has 0 aliphatic rings. The zero-order valence-electron chi connectivity index (χ0n) is 15.6. The van der Waals surface area contributed by atoms with Gasteiger partial charge < -0.3 is 19.8 Å². The van der Waals surface area contributed by atoms with Crippen molar-refractivity contribution in [2.45, 2.75) is 52.4 Å². The number of anilines is 1. The molecule has 0 spiro atoms. The molecule has 2 aromatic rings. The zero-order valence-corrected chi connectivity index (χ0v) is 15.6. The highest BCUT2D eigenvalue weighted by atomic mass is 16.5. The number of nitrogens with two attached hydrogens (primary N) is 1. The summed E-state index contributed by atoms with van der Waals surface area (Å²) in [6.07, 6.45) is 6.37. The number of aromatic nitrogens is 1. The first-order valence-electron chi connectivity index (χ1n) is 9.28. The fourth-order valence-electron chi connectivity index (χ4n) is 2.79. The molecule has 0 saturated carbocycles. The lowest BCUT2D eigenvalue weighted by atomic mass is 10.1. The van der Waals surface area contributed by atoms with E-state index < -0.39 is 0 Å². The average molecular weight is 346 g/mol. The van der Waals surface area contributed by atoms with E-state index >= 15 is 0 Å². The van der Waals surface area contributed by atoms with Crippen LogP contribution in [0.2, 0.25) is 0 Å². The van der Waals surface area contributed by atoms with Crippen LogP contribution in [0.3, 0.4) is 0 Å². The molecule has 0 saturated heterocycles. The Balaban J connectivity index is 2.39. The van der Waals surface area contributed by atoms with Gasteiger partial charge in [-0.1, -0.05) is 39.5 Å². The van der Waals surface area contributed by atoms with Crippen molar-refractivity contribution in [1.82, 2.24) is 4.57 Å². The van der Waals surface area contributed by atoms with Crippen LogP contribution in [0.1, 0.15) is 52.4 Å². The van der Waals surface area contributed by atoms with Crippen LogP contribution in [-0.2, 0) is 7.05 Å². The number of hydrogen-bond acceptors (Lipinski definition) is 4. The van der Waals surface area contributed by atoms with Crippen LogP contribution in [-0.4, -0.2) is 17.8 Å². The molecule has 2 N–H and O–H groups in total. The molecular weight excluding hydrogens is 316 g/mol. The van der Waals surface area contributed by atoms with E-state index in [4.69, 9.17) is 15.2 Å². The molecule has 2 rings (SSSR count). The first kappa shape index (κ1) is 19.2. The summed E-state index contributed by atoms with van der Waals surface area (Å²) in [6.45, 7) is 5.37. The lowest BCUT2D eigenvalue weighted by molar-refractivity contribution is 0.259. The van der Waals surface area contributed by atoms with E-state index in [9.17, 15) is 4.79 Å². The SMILES string of the molecule is CCCCCCOc1c(OCCCC)c(=O)n(C)c2cc(N)ccc12. The summed E-state index contributed by atoms with van der Waals surface area (Å²) < 4.78 is 13.4. The van der Waals surface area contributed by atoms with E-state index in [0.717, 1.165) is 36.6 Å². The highest BCUT2D eigenvalue weighted by Gasteiger charge is 2.18. The third-order valence-electron chi connectivity index (χ3n) is 4.32. The smallest absolute Gasteiger partial charge is 0.297 e. The van der Waals surface area contributed by atoms with Crippen LogP contribution in [0.4, 0.5) is 5.69 Å². The number of nitrogen functional groups attached to an aromatic ring is 1. The topological polar surface area (TPSA) is 66.5 Å². The third-order valence-corrected chi connectivity index (χ3v) is 4.32. The van der Waals surface area contributed by atoms with Crippen molar-refractivity contribution in [3.63, 3.8) is 0 Å². The monoisotopic (exact) mass is 346 g/mol. The molecular formula is C20H30N2O3. The van der Waals surface area contributed by atoms with Gasteiger partial charge in [0.15, 0.2) is 5.75 Å². The van der Waals surface area contributed by atoms with Gasteiger partial charge in [0, 0.05) is 18.1 Å². The lowest BCUT2D eigenvalue weighted by Gasteiger charge is -2.17. The molecule has 5 nitrogen and oxygen atoms in total. The summed E-state index contributed by atoms with van der Waals surface area (Å²) >= 11 is 0. The van der Waals surface area contributed by atoms with Gasteiger partial charge >= 0.3 is 0 Å². The lowest BCUT2D eigenvalue weighted by Crippen LogP contribution is -2.21. The van der Waals surface area contributed by atoms with E-state index in [1.807, 2.05) is 12.1 Å². The minimum absolute atomic E-state index is 0.183. The Morgan fingerprint density at radius 1 is 0.960 bits per heavy atom. The van der Waals surface area contributed by atoms with Crippen LogP contribution in [0.25, 0.3) is 10.9 Å². The third kappa shape index (κ3) is 4.68. The first-order chi connectivity index (χ1) is 12.1. The van der Waals surface area contributed by atoms with Gasteiger partial charge in [0.1, 0.15) is 0 Å². The number of pyridine rings is 1. The van der Waals surface area contributed by atoms with Gasteiger partial charge in [-0.2, -0.15) is 0 Å². The van der Waals surface area contributed by atoms with Crippen molar-refractivity contribution in [3.8, 4) is 11.5 Å². The van der Waals surface area contributed by atoms with Crippen LogP contribution >= 0.6 is 0 Å². The minimum Gasteiger partial charge on any atom is -0.489 e. The Labute approximate surface area is 149 Å². The molecule has 5 heteroatoms. The predicted molar refractivity (Wildman–Crippen MR) is 104 cm³/mol. The van der Waals surface area contributed by atoms with Crippen molar-refractivity contribution >= 4 is 16.6 Å². The van der Waals surface area contributed by atoms with Gasteiger partial charge in [0.05, 0.1) is 18.7 Å². The molecule has 0 aliphatic carbocycles. The molecule has 0 unspecified atom stereocenters. The van der Waals surface area contributed by atoms with Crippen molar-refractivity contribution in [1.29, 1.82) is 0 Å². The number of rotatable bonds is 10. The number of hydrogen-bond donors (Lipinski definition) is 1. The average Bonchev–Trinajstić information content (AvgIpc) is 2.61. The number of ether oxygens (including phenoxy) is 2. The standard InChI is InChI=1S/C20H30N2O3/c1-4-6-8-9-13-24-18-16-11-10-15(21)14-17(16)22(3)20(23)19(18)25-12-7-5-2/h10-11,14H,4-9,12-13,21H2,1-3H3. The zero-order chi connectivity index (χ0) is 18.2. The largest absolute Gasteiger partial charge is 0.489 e. The molecule has 0 atom stereocenters. The highest BCUT2D eigenvalue weighted by Crippen LogP contribution is 2.33. The molecule has 1 aromatic carbocycles. The minimum atomic E-state index is -0.183. The second-order valence-electron chi connectivity index (χ2n) is 6.41. The fourth-order valence-corrected chi connectivity index (χ4v) is 2.79. The predicted octanol–water partition coefficient (Wildman–Crippen LogP) is 4.26. The summed E-state index contributed by atoms with van der Waals surface area (Å²) in [4.78, 5) is 12.8. The van der Waals surface area contributed by atoms with E-state index in [1.54, 1.807) is 17.7 Å². The molecule has 1 heterocycles. The normalized spacial score (nSPS) is 11.0. The molecule has 138 valence electrons. The van der Waals surface area contributed by atoms with Crippen LogP contribution in [0.5, 0.6) is 11.5 Å². The van der Waals surface area contributed by atoms with Crippen LogP contribution in [0.15, 0.2) is 23.0 Å². The van der Waals surface area contributed by atoms with Crippen molar-refractivity contribution in [2.24, 2.45) is 7.05 Å². The van der Waals surface area contributed by atoms with Gasteiger partial charge in [-0.3, -0.25) is 4.79 Å². The Morgan fingerprint density at radius 2 is 1.64 bits per heavy atom. The Morgan fingerprint density at radius 3 is 2.36 bits per heavy atom. The van der Waals surface area contributed by atoms with Gasteiger partial charge in [-0.15, -0.1) is 0 Å². The number of unbranched alkanes of at least 4 members (excludes halogenated alkanes) is 4. The second-order valence-corrected chi connectivity index (χ2v) is 6.41. The molecule has 0 fully saturated rings. The summed E-state index contributed by atoms with van der Waals surface area (Å²) in [5.41, 5.74) is 7.10. The van der Waals surface area contributed by atoms with Crippen LogP contribution < -0.4 is 20.8 Å². The number of fused-ring (bicyclic) bond motifs is 1. The summed E-state index contributed by atoms with van der Waals surface area (Å²) in [7, 11) is 1.74. The Bertz CT molecular complexity index is 753. The Kier molecular flexibility index (Phi) is 7.16. The highest BCUT2D eigenvalue weighted by molar-refractivity contribution is 5.90. The van der Waals surface area contributed by atoms with E-state index in [2.05, 4.69) is 13.8 Å². The van der Waals surface area contributed by atoms with E-state index in [0.29, 0.717) is 30.4 Å². The van der Waals surface area contributed by atoms with Gasteiger partial charge in [0.2, 0.25) is 5.75 Å². The maximum atomic E-state index is 12.8. The van der Waals surface area contributed by atoms with Crippen molar-refractivity contribution < 1.29 is 9.47 Å². The summed E-state index contributed by atoms with van der Waals surface area (Å²) in [5, 5.41) is 0.860. The molecule has 0 aliphatic heterocycles.